The van der Waals surface area contributed by atoms with E-state index in [1.54, 1.807) is 6.07 Å². The van der Waals surface area contributed by atoms with Crippen molar-refractivity contribution in [3.05, 3.63) is 50.9 Å². The number of nitrogen functional groups attached to an aromatic ring is 1. The van der Waals surface area contributed by atoms with Gasteiger partial charge < -0.3 is 5.73 Å². The van der Waals surface area contributed by atoms with Gasteiger partial charge in [-0.15, -0.1) is 0 Å². The lowest BCUT2D eigenvalue weighted by Gasteiger charge is -2.13. The summed E-state index contributed by atoms with van der Waals surface area (Å²) in [5.41, 5.74) is 5.89. The maximum atomic E-state index is 13.6. The summed E-state index contributed by atoms with van der Waals surface area (Å²) in [5, 5.41) is 0. The van der Waals surface area contributed by atoms with Gasteiger partial charge in [0.1, 0.15) is 16.5 Å². The van der Waals surface area contributed by atoms with Crippen LogP contribution in [0.1, 0.15) is 0 Å². The van der Waals surface area contributed by atoms with Gasteiger partial charge in [0, 0.05) is 8.95 Å². The fraction of sp³-hybridized carbons (Fsp3) is 0. The van der Waals surface area contributed by atoms with E-state index in [4.69, 9.17) is 5.73 Å². The Bertz CT molecular complexity index is 790. The van der Waals surface area contributed by atoms with E-state index in [-0.39, 0.29) is 11.4 Å². The second-order valence-electron chi connectivity index (χ2n) is 4.03. The summed E-state index contributed by atoms with van der Waals surface area (Å²) in [4.78, 5) is -0.795. The third-order valence-corrected chi connectivity index (χ3v) is 4.95. The van der Waals surface area contributed by atoms with Crippen LogP contribution in [0.2, 0.25) is 0 Å². The lowest BCUT2D eigenvalue weighted by molar-refractivity contribution is 0.555. The Morgan fingerprint density at radius 3 is 2.38 bits per heavy atom. The smallest absolute Gasteiger partial charge is 0.265 e. The van der Waals surface area contributed by atoms with Crippen molar-refractivity contribution in [1.29, 1.82) is 0 Å². The molecular weight excluding hydrogens is 434 g/mol. The van der Waals surface area contributed by atoms with E-state index in [1.165, 1.54) is 6.07 Å². The Labute approximate surface area is 136 Å². The van der Waals surface area contributed by atoms with Crippen molar-refractivity contribution < 1.29 is 17.2 Å². The van der Waals surface area contributed by atoms with Crippen LogP contribution in [0.5, 0.6) is 0 Å². The molecule has 0 unspecified atom stereocenters. The number of nitrogens with one attached hydrogen (secondary N) is 1. The van der Waals surface area contributed by atoms with Gasteiger partial charge in [0.15, 0.2) is 0 Å². The van der Waals surface area contributed by atoms with E-state index in [0.29, 0.717) is 15.0 Å². The molecule has 2 rings (SSSR count). The van der Waals surface area contributed by atoms with Crippen LogP contribution in [-0.4, -0.2) is 8.42 Å². The molecule has 112 valence electrons. The minimum Gasteiger partial charge on any atom is -0.397 e. The molecule has 9 heteroatoms. The van der Waals surface area contributed by atoms with E-state index in [2.05, 4.69) is 36.6 Å². The summed E-state index contributed by atoms with van der Waals surface area (Å²) >= 11 is 6.35. The molecule has 0 heterocycles. The number of sulfonamides is 1. The first-order chi connectivity index (χ1) is 9.70. The van der Waals surface area contributed by atoms with Crippen LogP contribution in [0.15, 0.2) is 44.2 Å². The van der Waals surface area contributed by atoms with Crippen LogP contribution < -0.4 is 10.5 Å². The fourth-order valence-electron chi connectivity index (χ4n) is 1.57. The zero-order valence-electron chi connectivity index (χ0n) is 10.2. The number of nitrogens with two attached hydrogens (primary N) is 1. The molecule has 0 bridgehead atoms. The Balaban J connectivity index is 2.50. The molecule has 0 aromatic heterocycles. The highest BCUT2D eigenvalue weighted by molar-refractivity contribution is 9.11. The number of rotatable bonds is 3. The van der Waals surface area contributed by atoms with Crippen LogP contribution in [-0.2, 0) is 10.0 Å². The van der Waals surface area contributed by atoms with Crippen molar-refractivity contribution in [3.63, 3.8) is 0 Å². The molecule has 0 spiro atoms. The van der Waals surface area contributed by atoms with Gasteiger partial charge in [-0.3, -0.25) is 4.72 Å². The molecule has 0 aliphatic rings. The first-order valence-electron chi connectivity index (χ1n) is 5.43. The van der Waals surface area contributed by atoms with E-state index >= 15 is 0 Å². The van der Waals surface area contributed by atoms with Crippen LogP contribution in [0.4, 0.5) is 20.2 Å². The van der Waals surface area contributed by atoms with Crippen molar-refractivity contribution in [3.8, 4) is 0 Å². The highest BCUT2D eigenvalue weighted by atomic mass is 79.9. The van der Waals surface area contributed by atoms with Crippen LogP contribution >= 0.6 is 31.9 Å². The maximum absolute atomic E-state index is 13.6. The van der Waals surface area contributed by atoms with Crippen molar-refractivity contribution >= 4 is 53.3 Å². The Hall–Kier alpha value is -1.19. The largest absolute Gasteiger partial charge is 0.397 e. The molecule has 0 atom stereocenters. The molecule has 0 radical (unpaired) electrons. The van der Waals surface area contributed by atoms with Crippen molar-refractivity contribution in [1.82, 2.24) is 0 Å². The lowest BCUT2D eigenvalue weighted by atomic mass is 10.3. The molecular formula is C12H8Br2F2N2O2S. The topological polar surface area (TPSA) is 72.2 Å². The van der Waals surface area contributed by atoms with Gasteiger partial charge in [-0.1, -0.05) is 15.9 Å². The molecule has 0 amide bonds. The second kappa shape index (κ2) is 5.90. The second-order valence-corrected chi connectivity index (χ2v) is 7.45. The maximum Gasteiger partial charge on any atom is 0.265 e. The molecule has 21 heavy (non-hydrogen) atoms. The number of hydrogen-bond acceptors (Lipinski definition) is 3. The number of anilines is 2. The standard InChI is InChI=1S/C12H8Br2F2N2O2S/c13-6-3-8(14)12(10(17)4-6)18-21(19,20)11-5-7(15)1-2-9(11)16/h1-5,18H,17H2. The molecule has 3 N–H and O–H groups in total. The average Bonchev–Trinajstić information content (AvgIpc) is 2.36. The Morgan fingerprint density at radius 2 is 1.76 bits per heavy atom. The quantitative estimate of drug-likeness (QED) is 0.710. The highest BCUT2D eigenvalue weighted by Gasteiger charge is 2.22. The minimum atomic E-state index is -4.31. The van der Waals surface area contributed by atoms with Gasteiger partial charge in [-0.05, 0) is 46.3 Å². The first kappa shape index (κ1) is 16.2. The third kappa shape index (κ3) is 3.53. The van der Waals surface area contributed by atoms with E-state index in [0.717, 1.165) is 12.1 Å². The summed E-state index contributed by atoms with van der Waals surface area (Å²) in [6.07, 6.45) is 0. The zero-order valence-corrected chi connectivity index (χ0v) is 14.2. The van der Waals surface area contributed by atoms with E-state index in [9.17, 15) is 17.2 Å². The SMILES string of the molecule is Nc1cc(Br)cc(Br)c1NS(=O)(=O)c1cc(F)ccc1F. The van der Waals surface area contributed by atoms with Gasteiger partial charge in [-0.2, -0.15) is 0 Å². The predicted molar refractivity (Wildman–Crippen MR) is 83.4 cm³/mol. The van der Waals surface area contributed by atoms with Crippen LogP contribution in [0, 0.1) is 11.6 Å². The molecule has 0 fully saturated rings. The summed E-state index contributed by atoms with van der Waals surface area (Å²) in [5.74, 6) is -1.92. The number of hydrogen-bond donors (Lipinski definition) is 2. The van der Waals surface area contributed by atoms with E-state index in [1.807, 2.05) is 0 Å². The minimum absolute atomic E-state index is 0.0434. The van der Waals surface area contributed by atoms with E-state index < -0.39 is 26.6 Å². The zero-order chi connectivity index (χ0) is 15.8. The Morgan fingerprint density at radius 1 is 1.10 bits per heavy atom. The summed E-state index contributed by atoms with van der Waals surface area (Å²) in [7, 11) is -4.31. The van der Waals surface area contributed by atoms with Crippen molar-refractivity contribution in [2.45, 2.75) is 4.90 Å². The normalized spacial score (nSPS) is 11.4. The molecule has 0 saturated heterocycles. The van der Waals surface area contributed by atoms with Crippen molar-refractivity contribution in [2.75, 3.05) is 10.5 Å². The monoisotopic (exact) mass is 440 g/mol. The van der Waals surface area contributed by atoms with Gasteiger partial charge in [0.2, 0.25) is 0 Å². The van der Waals surface area contributed by atoms with Crippen molar-refractivity contribution in [2.24, 2.45) is 0 Å². The summed E-state index contributed by atoms with van der Waals surface area (Å²) < 4.78 is 54.2. The van der Waals surface area contributed by atoms with Gasteiger partial charge in [0.05, 0.1) is 11.4 Å². The third-order valence-electron chi connectivity index (χ3n) is 2.50. The Kier molecular flexibility index (Phi) is 4.54. The average molecular weight is 442 g/mol. The lowest BCUT2D eigenvalue weighted by Crippen LogP contribution is -2.16. The first-order valence-corrected chi connectivity index (χ1v) is 8.50. The molecule has 0 saturated carbocycles. The summed E-state index contributed by atoms with van der Waals surface area (Å²) in [6.45, 7) is 0. The molecule has 4 nitrogen and oxygen atoms in total. The van der Waals surface area contributed by atoms with Gasteiger partial charge in [-0.25, -0.2) is 17.2 Å². The van der Waals surface area contributed by atoms with Crippen LogP contribution in [0.3, 0.4) is 0 Å². The predicted octanol–water partition coefficient (Wildman–Crippen LogP) is 3.87. The van der Waals surface area contributed by atoms with Crippen LogP contribution in [0.25, 0.3) is 0 Å². The number of halogens is 4. The highest BCUT2D eigenvalue weighted by Crippen LogP contribution is 2.34. The van der Waals surface area contributed by atoms with Gasteiger partial charge in [0.25, 0.3) is 10.0 Å². The molecule has 2 aromatic carbocycles. The summed E-state index contributed by atoms with van der Waals surface area (Å²) in [6, 6.07) is 5.21. The molecule has 0 aliphatic heterocycles. The fourth-order valence-corrected chi connectivity index (χ4v) is 4.26. The van der Waals surface area contributed by atoms with Gasteiger partial charge >= 0.3 is 0 Å². The molecule has 0 aliphatic carbocycles. The molecule has 2 aromatic rings. The number of benzene rings is 2.